The second-order valence-electron chi connectivity index (χ2n) is 13.7. The smallest absolute Gasteiger partial charge is 0.458 e. The summed E-state index contributed by atoms with van der Waals surface area (Å²) < 4.78 is 18.7. The van der Waals surface area contributed by atoms with Crippen LogP contribution in [0.5, 0.6) is 11.5 Å². The van der Waals surface area contributed by atoms with Crippen LogP contribution in [-0.4, -0.2) is 21.3 Å². The van der Waals surface area contributed by atoms with Crippen molar-refractivity contribution in [2.45, 2.75) is 19.3 Å². The van der Waals surface area contributed by atoms with Crippen LogP contribution in [0, 0.1) is 0 Å². The Morgan fingerprint density at radius 3 is 1.51 bits per heavy atom. The van der Waals surface area contributed by atoms with Gasteiger partial charge >= 0.3 is 7.12 Å². The van der Waals surface area contributed by atoms with Crippen LogP contribution in [0.1, 0.15) is 25.0 Å². The molecule has 0 fully saturated rings. The molecule has 1 aliphatic carbocycles. The summed E-state index contributed by atoms with van der Waals surface area (Å²) in [7, 11) is 2.63. The van der Waals surface area contributed by atoms with Crippen molar-refractivity contribution >= 4 is 46.7 Å². The van der Waals surface area contributed by atoms with Crippen molar-refractivity contribution < 1.29 is 14.0 Å². The molecule has 0 spiro atoms. The van der Waals surface area contributed by atoms with Gasteiger partial charge < -0.3 is 23.8 Å². The van der Waals surface area contributed by atoms with Crippen molar-refractivity contribution in [3.63, 3.8) is 0 Å². The lowest BCUT2D eigenvalue weighted by atomic mass is 9.76. The average molecular weight is 693 g/mol. The largest absolute Gasteiger partial charge is 0.499 e. The molecule has 0 heterocycles. The summed E-state index contributed by atoms with van der Waals surface area (Å²) >= 11 is 0. The van der Waals surface area contributed by atoms with Gasteiger partial charge in [0.25, 0.3) is 0 Å². The molecule has 0 saturated carbocycles. The minimum absolute atomic E-state index is 0.216. The molecular weight excluding hydrogens is 651 g/mol. The SMILES string of the molecule is COB(OC)c1c(Oc2ccc3c(c2)-c2ccc(N(c4ccccc4)c4ccccc4)cc2C3(C)C)cccc1N(c1ccccc1)c1ccccc1. The van der Waals surface area contributed by atoms with E-state index in [0.717, 1.165) is 45.3 Å². The number of para-hydroxylation sites is 4. The monoisotopic (exact) mass is 692 g/mol. The van der Waals surface area contributed by atoms with E-state index in [-0.39, 0.29) is 5.41 Å². The molecule has 0 radical (unpaired) electrons. The Kier molecular flexibility index (Phi) is 9.32. The number of hydrogen-bond donors (Lipinski definition) is 0. The highest BCUT2D eigenvalue weighted by molar-refractivity contribution is 6.64. The average Bonchev–Trinajstić information content (AvgIpc) is 3.43. The molecule has 0 bridgehead atoms. The first-order valence-corrected chi connectivity index (χ1v) is 17.9. The Morgan fingerprint density at radius 1 is 0.453 bits per heavy atom. The lowest BCUT2D eigenvalue weighted by molar-refractivity contribution is 0.291. The molecule has 0 aromatic heterocycles. The van der Waals surface area contributed by atoms with E-state index in [1.807, 2.05) is 48.5 Å². The standard InChI is InChI=1S/C47H41BN2O3/c1-47(2)42-31-29-39(33-41(42)40-30-28-38(32-43(40)47)49(34-18-9-5-10-19-34)35-20-11-6-12-21-35)53-45-27-17-26-44(46(45)48(51-3)52-4)50(36-22-13-7-14-23-36)37-24-15-8-16-25-37/h5-33H,1-4H3. The molecule has 6 heteroatoms. The molecule has 53 heavy (non-hydrogen) atoms. The van der Waals surface area contributed by atoms with Crippen LogP contribution < -0.4 is 20.0 Å². The minimum Gasteiger partial charge on any atom is -0.458 e. The fourth-order valence-corrected chi connectivity index (χ4v) is 7.62. The molecule has 260 valence electrons. The van der Waals surface area contributed by atoms with Gasteiger partial charge in [-0.25, -0.2) is 0 Å². The molecule has 5 nitrogen and oxygen atoms in total. The van der Waals surface area contributed by atoms with E-state index in [4.69, 9.17) is 14.0 Å². The summed E-state index contributed by atoms with van der Waals surface area (Å²) in [4.78, 5) is 4.53. The molecule has 8 rings (SSSR count). The van der Waals surface area contributed by atoms with Crippen molar-refractivity contribution in [2.75, 3.05) is 24.0 Å². The van der Waals surface area contributed by atoms with Gasteiger partial charge in [-0.1, -0.05) is 105 Å². The molecule has 0 atom stereocenters. The zero-order chi connectivity index (χ0) is 36.4. The van der Waals surface area contributed by atoms with Crippen LogP contribution in [0.15, 0.2) is 176 Å². The number of hydrogen-bond acceptors (Lipinski definition) is 5. The number of anilines is 6. The van der Waals surface area contributed by atoms with E-state index in [1.54, 1.807) is 14.2 Å². The molecule has 7 aromatic carbocycles. The van der Waals surface area contributed by atoms with Crippen molar-refractivity contribution in [3.8, 4) is 22.6 Å². The third-order valence-corrected chi connectivity index (χ3v) is 10.1. The molecule has 0 N–H and O–H groups in total. The Bertz CT molecular complexity index is 2250. The predicted octanol–water partition coefficient (Wildman–Crippen LogP) is 11.7. The lowest BCUT2D eigenvalue weighted by Gasteiger charge is -2.29. The van der Waals surface area contributed by atoms with Crippen LogP contribution >= 0.6 is 0 Å². The van der Waals surface area contributed by atoms with E-state index >= 15 is 0 Å². The van der Waals surface area contributed by atoms with Crippen molar-refractivity contribution in [3.05, 3.63) is 187 Å². The first-order valence-electron chi connectivity index (χ1n) is 17.9. The van der Waals surface area contributed by atoms with E-state index in [2.05, 4.69) is 151 Å². The Hall–Kier alpha value is -6.08. The summed E-state index contributed by atoms with van der Waals surface area (Å²) in [6.45, 7) is 4.62. The van der Waals surface area contributed by atoms with Crippen LogP contribution in [0.2, 0.25) is 0 Å². The van der Waals surface area contributed by atoms with E-state index in [1.165, 1.54) is 22.3 Å². The van der Waals surface area contributed by atoms with Gasteiger partial charge in [0.05, 0.1) is 0 Å². The topological polar surface area (TPSA) is 34.2 Å². The number of benzene rings is 7. The van der Waals surface area contributed by atoms with E-state index < -0.39 is 7.12 Å². The maximum absolute atomic E-state index is 6.85. The molecule has 0 unspecified atom stereocenters. The van der Waals surface area contributed by atoms with Crippen molar-refractivity contribution in [2.24, 2.45) is 0 Å². The Labute approximate surface area is 312 Å². The highest BCUT2D eigenvalue weighted by Gasteiger charge is 2.37. The van der Waals surface area contributed by atoms with Gasteiger partial charge in [-0.05, 0) is 107 Å². The molecular formula is C47H41BN2O3. The molecule has 0 saturated heterocycles. The minimum atomic E-state index is -0.680. The highest BCUT2D eigenvalue weighted by Crippen LogP contribution is 2.52. The Balaban J connectivity index is 1.20. The quantitative estimate of drug-likeness (QED) is 0.126. The maximum atomic E-state index is 6.85. The fraction of sp³-hybridized carbons (Fsp3) is 0.106. The van der Waals surface area contributed by atoms with Gasteiger partial charge in [0, 0.05) is 59.2 Å². The van der Waals surface area contributed by atoms with Gasteiger partial charge in [0.1, 0.15) is 11.5 Å². The van der Waals surface area contributed by atoms with Gasteiger partial charge in [0.2, 0.25) is 0 Å². The normalized spacial score (nSPS) is 12.5. The van der Waals surface area contributed by atoms with Crippen LogP contribution in [0.4, 0.5) is 34.1 Å². The van der Waals surface area contributed by atoms with Crippen molar-refractivity contribution in [1.82, 2.24) is 0 Å². The zero-order valence-corrected chi connectivity index (χ0v) is 30.4. The van der Waals surface area contributed by atoms with Gasteiger partial charge in [-0.15, -0.1) is 0 Å². The van der Waals surface area contributed by atoms with Crippen LogP contribution in [0.3, 0.4) is 0 Å². The summed E-state index contributed by atoms with van der Waals surface area (Å²) in [5.74, 6) is 1.39. The summed E-state index contributed by atoms with van der Waals surface area (Å²) in [5, 5.41) is 0. The van der Waals surface area contributed by atoms with E-state index in [9.17, 15) is 0 Å². The summed E-state index contributed by atoms with van der Waals surface area (Å²) in [5.41, 5.74) is 11.8. The molecule has 1 aliphatic rings. The fourth-order valence-electron chi connectivity index (χ4n) is 7.62. The van der Waals surface area contributed by atoms with Crippen LogP contribution in [0.25, 0.3) is 11.1 Å². The lowest BCUT2D eigenvalue weighted by Crippen LogP contribution is -2.39. The number of fused-ring (bicyclic) bond motifs is 3. The predicted molar refractivity (Wildman–Crippen MR) is 219 cm³/mol. The van der Waals surface area contributed by atoms with Gasteiger partial charge in [-0.2, -0.15) is 0 Å². The number of nitrogens with zero attached hydrogens (tertiary/aromatic N) is 2. The van der Waals surface area contributed by atoms with Crippen LogP contribution in [-0.2, 0) is 14.7 Å². The third-order valence-electron chi connectivity index (χ3n) is 10.1. The second-order valence-corrected chi connectivity index (χ2v) is 13.7. The highest BCUT2D eigenvalue weighted by atomic mass is 16.6. The van der Waals surface area contributed by atoms with E-state index in [0.29, 0.717) is 5.75 Å². The summed E-state index contributed by atoms with van der Waals surface area (Å²) in [6, 6.07) is 61.1. The third kappa shape index (κ3) is 6.37. The maximum Gasteiger partial charge on any atom is 0.499 e. The number of ether oxygens (including phenoxy) is 1. The molecule has 0 amide bonds. The van der Waals surface area contributed by atoms with Gasteiger partial charge in [0.15, 0.2) is 0 Å². The van der Waals surface area contributed by atoms with Crippen molar-refractivity contribution in [1.29, 1.82) is 0 Å². The first kappa shape index (κ1) is 34.0. The van der Waals surface area contributed by atoms with Gasteiger partial charge in [-0.3, -0.25) is 0 Å². The Morgan fingerprint density at radius 2 is 0.981 bits per heavy atom. The molecule has 0 aliphatic heterocycles. The second kappa shape index (κ2) is 14.5. The summed E-state index contributed by atoms with van der Waals surface area (Å²) in [6.07, 6.45) is 0. The zero-order valence-electron chi connectivity index (χ0n) is 30.4. The first-order chi connectivity index (χ1) is 26.0. The number of rotatable bonds is 11. The molecule has 7 aromatic rings.